The zero-order chi connectivity index (χ0) is 17.9. The van der Waals surface area contributed by atoms with Crippen molar-refractivity contribution in [3.05, 3.63) is 48.5 Å². The fraction of sp³-hybridized carbons (Fsp3) is 0.333. The monoisotopic (exact) mass is 350 g/mol. The van der Waals surface area contributed by atoms with Gasteiger partial charge in [-0.1, -0.05) is 43.3 Å². The van der Waals surface area contributed by atoms with E-state index >= 15 is 0 Å². The number of benzene rings is 2. The van der Waals surface area contributed by atoms with E-state index in [1.165, 1.54) is 12.1 Å². The molecule has 2 aromatic rings. The molecule has 1 fully saturated rings. The summed E-state index contributed by atoms with van der Waals surface area (Å²) < 4.78 is 51.9. The van der Waals surface area contributed by atoms with Crippen molar-refractivity contribution in [1.82, 2.24) is 0 Å². The highest BCUT2D eigenvalue weighted by atomic mass is 19.4. The summed E-state index contributed by atoms with van der Waals surface area (Å²) in [6.07, 6.45) is -3.65. The van der Waals surface area contributed by atoms with Crippen LogP contribution in [0.4, 0.5) is 13.2 Å². The van der Waals surface area contributed by atoms with Gasteiger partial charge in [0.15, 0.2) is 0 Å². The maximum atomic E-state index is 12.2. The van der Waals surface area contributed by atoms with Crippen LogP contribution in [-0.4, -0.2) is 26.7 Å². The van der Waals surface area contributed by atoms with E-state index in [2.05, 4.69) is 11.7 Å². The fourth-order valence-corrected chi connectivity index (χ4v) is 2.65. The molecule has 1 aliphatic heterocycles. The van der Waals surface area contributed by atoms with Crippen molar-refractivity contribution in [2.45, 2.75) is 19.7 Å². The van der Waals surface area contributed by atoms with E-state index in [1.807, 2.05) is 24.3 Å². The molecule has 3 rings (SSSR count). The van der Waals surface area contributed by atoms with Gasteiger partial charge < -0.3 is 14.0 Å². The van der Waals surface area contributed by atoms with Crippen molar-refractivity contribution in [2.75, 3.05) is 13.2 Å². The molecule has 0 aromatic heterocycles. The largest absolute Gasteiger partial charge is 0.573 e. The maximum absolute atomic E-state index is 12.2. The lowest BCUT2D eigenvalue weighted by Crippen LogP contribution is -2.44. The summed E-state index contributed by atoms with van der Waals surface area (Å²) in [5, 5.41) is 0. The third-order valence-corrected chi connectivity index (χ3v) is 4.15. The van der Waals surface area contributed by atoms with Crippen molar-refractivity contribution in [3.8, 4) is 16.9 Å². The Morgan fingerprint density at radius 3 is 1.96 bits per heavy atom. The van der Waals surface area contributed by atoms with Crippen LogP contribution in [-0.2, 0) is 9.31 Å². The van der Waals surface area contributed by atoms with Crippen LogP contribution in [0.25, 0.3) is 11.1 Å². The van der Waals surface area contributed by atoms with Gasteiger partial charge in [-0.25, -0.2) is 0 Å². The van der Waals surface area contributed by atoms with Gasteiger partial charge in [0.25, 0.3) is 0 Å². The molecule has 0 aliphatic carbocycles. The average molecular weight is 350 g/mol. The van der Waals surface area contributed by atoms with E-state index in [9.17, 15) is 13.2 Å². The number of ether oxygens (including phenoxy) is 1. The van der Waals surface area contributed by atoms with Gasteiger partial charge in [0.2, 0.25) is 0 Å². The van der Waals surface area contributed by atoms with Gasteiger partial charge in [-0.05, 0) is 35.1 Å². The molecule has 0 N–H and O–H groups in total. The first-order valence-electron chi connectivity index (χ1n) is 8.14. The summed E-state index contributed by atoms with van der Waals surface area (Å²) in [6.45, 7) is 3.48. The fourth-order valence-electron chi connectivity index (χ4n) is 2.65. The molecule has 7 heteroatoms. The highest BCUT2D eigenvalue weighted by molar-refractivity contribution is 6.61. The summed E-state index contributed by atoms with van der Waals surface area (Å²) in [6, 6.07) is 13.4. The van der Waals surface area contributed by atoms with Gasteiger partial charge in [0.05, 0.1) is 0 Å². The SMILES string of the molecule is CCC1COB(c2ccc(-c3ccc(OC(F)(F)F)cc3)cc2)OC1. The van der Waals surface area contributed by atoms with Crippen LogP contribution >= 0.6 is 0 Å². The van der Waals surface area contributed by atoms with E-state index < -0.39 is 6.36 Å². The van der Waals surface area contributed by atoms with Crippen LogP contribution in [0.2, 0.25) is 0 Å². The van der Waals surface area contributed by atoms with Crippen LogP contribution in [0.1, 0.15) is 13.3 Å². The predicted octanol–water partition coefficient (Wildman–Crippen LogP) is 4.02. The summed E-state index contributed by atoms with van der Waals surface area (Å²) >= 11 is 0. The predicted molar refractivity (Wildman–Crippen MR) is 89.6 cm³/mol. The lowest BCUT2D eigenvalue weighted by molar-refractivity contribution is -0.274. The first-order valence-corrected chi connectivity index (χ1v) is 8.14. The van der Waals surface area contributed by atoms with Crippen molar-refractivity contribution in [2.24, 2.45) is 5.92 Å². The number of hydrogen-bond donors (Lipinski definition) is 0. The zero-order valence-electron chi connectivity index (χ0n) is 13.8. The normalized spacial score (nSPS) is 16.1. The Labute approximate surface area is 144 Å². The van der Waals surface area contributed by atoms with Gasteiger partial charge in [0.1, 0.15) is 5.75 Å². The third-order valence-electron chi connectivity index (χ3n) is 4.15. The van der Waals surface area contributed by atoms with Gasteiger partial charge in [0, 0.05) is 19.1 Å². The summed E-state index contributed by atoms with van der Waals surface area (Å²) in [7, 11) is -0.362. The lowest BCUT2D eigenvalue weighted by atomic mass is 9.77. The minimum Gasteiger partial charge on any atom is -0.407 e. The van der Waals surface area contributed by atoms with Gasteiger partial charge in [-0.3, -0.25) is 0 Å². The molecule has 0 spiro atoms. The molecule has 0 saturated carbocycles. The molecule has 0 amide bonds. The number of hydrogen-bond acceptors (Lipinski definition) is 3. The van der Waals surface area contributed by atoms with Crippen LogP contribution in [0.15, 0.2) is 48.5 Å². The lowest BCUT2D eigenvalue weighted by Gasteiger charge is -2.26. The Balaban J connectivity index is 1.66. The quantitative estimate of drug-likeness (QED) is 0.780. The minimum atomic E-state index is -4.68. The molecule has 3 nitrogen and oxygen atoms in total. The van der Waals surface area contributed by atoms with Crippen molar-refractivity contribution < 1.29 is 27.2 Å². The summed E-state index contributed by atoms with van der Waals surface area (Å²) in [5.74, 6) is 0.204. The molecule has 132 valence electrons. The Bertz CT molecular complexity index is 678. The maximum Gasteiger partial charge on any atom is 0.573 e. The summed E-state index contributed by atoms with van der Waals surface area (Å²) in [4.78, 5) is 0. The molecule has 1 saturated heterocycles. The highest BCUT2D eigenvalue weighted by Gasteiger charge is 2.31. The third kappa shape index (κ3) is 4.77. The second-order valence-electron chi connectivity index (χ2n) is 5.97. The van der Waals surface area contributed by atoms with Gasteiger partial charge in [-0.15, -0.1) is 13.2 Å². The van der Waals surface area contributed by atoms with E-state index in [0.717, 1.165) is 23.0 Å². The van der Waals surface area contributed by atoms with E-state index in [4.69, 9.17) is 9.31 Å². The first kappa shape index (κ1) is 17.8. The van der Waals surface area contributed by atoms with Crippen LogP contribution in [0, 0.1) is 5.92 Å². The smallest absolute Gasteiger partial charge is 0.407 e. The number of alkyl halides is 3. The van der Waals surface area contributed by atoms with Crippen molar-refractivity contribution in [3.63, 3.8) is 0 Å². The Kier molecular flexibility index (Phi) is 5.34. The Hall–Kier alpha value is -1.99. The molecule has 1 aliphatic rings. The molecular formula is C18H18BF3O3. The second kappa shape index (κ2) is 7.50. The highest BCUT2D eigenvalue weighted by Crippen LogP contribution is 2.26. The Morgan fingerprint density at radius 1 is 0.960 bits per heavy atom. The molecule has 25 heavy (non-hydrogen) atoms. The van der Waals surface area contributed by atoms with Crippen molar-refractivity contribution >= 4 is 12.6 Å². The van der Waals surface area contributed by atoms with E-state index in [0.29, 0.717) is 19.1 Å². The Morgan fingerprint density at radius 2 is 1.48 bits per heavy atom. The second-order valence-corrected chi connectivity index (χ2v) is 5.97. The zero-order valence-corrected chi connectivity index (χ0v) is 13.8. The molecule has 0 atom stereocenters. The molecule has 0 radical (unpaired) electrons. The first-order chi connectivity index (χ1) is 11.9. The topological polar surface area (TPSA) is 27.7 Å². The minimum absolute atomic E-state index is 0.234. The molecule has 1 heterocycles. The number of rotatable bonds is 4. The molecule has 0 bridgehead atoms. The molecule has 2 aromatic carbocycles. The van der Waals surface area contributed by atoms with Crippen molar-refractivity contribution in [1.29, 1.82) is 0 Å². The van der Waals surface area contributed by atoms with Crippen LogP contribution in [0.3, 0.4) is 0 Å². The van der Waals surface area contributed by atoms with Gasteiger partial charge in [-0.2, -0.15) is 0 Å². The van der Waals surface area contributed by atoms with Gasteiger partial charge >= 0.3 is 13.5 Å². The molecule has 0 unspecified atom stereocenters. The van der Waals surface area contributed by atoms with Crippen LogP contribution < -0.4 is 10.2 Å². The molecular weight excluding hydrogens is 332 g/mol. The van der Waals surface area contributed by atoms with E-state index in [-0.39, 0.29) is 12.9 Å². The van der Waals surface area contributed by atoms with Crippen LogP contribution in [0.5, 0.6) is 5.75 Å². The average Bonchev–Trinajstić information content (AvgIpc) is 2.61. The number of halogens is 3. The summed E-state index contributed by atoms with van der Waals surface area (Å²) in [5.41, 5.74) is 2.62. The van der Waals surface area contributed by atoms with E-state index in [1.54, 1.807) is 12.1 Å². The standard InChI is InChI=1S/C18H18BF3O3/c1-2-13-11-23-19(24-12-13)16-7-3-14(4-8-16)15-5-9-17(10-6-15)25-18(20,21)22/h3-10,13H,2,11-12H2,1H3.